The second-order valence-corrected chi connectivity index (χ2v) is 4.26. The van der Waals surface area contributed by atoms with E-state index in [1.54, 1.807) is 10.9 Å². The first-order valence-corrected chi connectivity index (χ1v) is 5.54. The molecule has 0 radical (unpaired) electrons. The van der Waals surface area contributed by atoms with Gasteiger partial charge in [-0.25, -0.2) is 4.68 Å². The minimum Gasteiger partial charge on any atom is -0.481 e. The zero-order valence-corrected chi connectivity index (χ0v) is 9.74. The predicted octanol–water partition coefficient (Wildman–Crippen LogP) is -0.764. The predicted molar refractivity (Wildman–Crippen MR) is 58.6 cm³/mol. The Labute approximate surface area is 99.0 Å². The summed E-state index contributed by atoms with van der Waals surface area (Å²) in [5, 5.41) is 16.3. The lowest BCUT2D eigenvalue weighted by Gasteiger charge is -2.29. The van der Waals surface area contributed by atoms with Crippen molar-refractivity contribution in [1.82, 2.24) is 19.9 Å². The van der Waals surface area contributed by atoms with Crippen LogP contribution in [0.4, 0.5) is 0 Å². The summed E-state index contributed by atoms with van der Waals surface area (Å²) in [5.74, 6) is -0.898. The number of aliphatic carboxylic acids is 1. The van der Waals surface area contributed by atoms with Gasteiger partial charge in [-0.1, -0.05) is 5.21 Å². The molecule has 1 unspecified atom stereocenters. The Morgan fingerprint density at radius 3 is 3.24 bits per heavy atom. The first kappa shape index (κ1) is 12.0. The van der Waals surface area contributed by atoms with Gasteiger partial charge in [0.2, 0.25) is 0 Å². The van der Waals surface area contributed by atoms with E-state index in [0.717, 1.165) is 19.7 Å². The average molecular weight is 240 g/mol. The second kappa shape index (κ2) is 5.24. The third-order valence-corrected chi connectivity index (χ3v) is 2.65. The number of morpholine rings is 1. The number of hydrogen-bond donors (Lipinski definition) is 1. The molecule has 0 aromatic carbocycles. The van der Waals surface area contributed by atoms with Gasteiger partial charge >= 0.3 is 5.97 Å². The normalized spacial score (nSPS) is 21.6. The summed E-state index contributed by atoms with van der Waals surface area (Å²) >= 11 is 0. The number of likely N-dealkylation sites (N-methyl/N-ethyl adjacent to an activating group) is 1. The zero-order valence-electron chi connectivity index (χ0n) is 9.74. The number of hydrogen-bond acceptors (Lipinski definition) is 5. The van der Waals surface area contributed by atoms with Crippen molar-refractivity contribution in [2.75, 3.05) is 26.7 Å². The molecule has 17 heavy (non-hydrogen) atoms. The molecule has 0 aliphatic carbocycles. The number of carbonyl (C=O) groups is 1. The van der Waals surface area contributed by atoms with Crippen molar-refractivity contribution in [2.45, 2.75) is 19.1 Å². The van der Waals surface area contributed by atoms with Crippen LogP contribution < -0.4 is 0 Å². The summed E-state index contributed by atoms with van der Waals surface area (Å²) in [4.78, 5) is 12.7. The molecule has 1 aliphatic rings. The summed E-state index contributed by atoms with van der Waals surface area (Å²) in [5.41, 5.74) is 0.474. The molecule has 1 N–H and O–H groups in total. The number of carboxylic acid groups (broad SMARTS) is 1. The third kappa shape index (κ3) is 3.50. The van der Waals surface area contributed by atoms with Gasteiger partial charge in [-0.15, -0.1) is 5.10 Å². The van der Waals surface area contributed by atoms with E-state index in [1.807, 2.05) is 7.05 Å². The van der Waals surface area contributed by atoms with Crippen LogP contribution in [0.1, 0.15) is 5.69 Å². The smallest absolute Gasteiger partial charge is 0.309 e. The molecule has 2 heterocycles. The van der Waals surface area contributed by atoms with Gasteiger partial charge in [0.1, 0.15) is 0 Å². The summed E-state index contributed by atoms with van der Waals surface area (Å²) in [6, 6.07) is 0. The fourth-order valence-corrected chi connectivity index (χ4v) is 1.85. The van der Waals surface area contributed by atoms with Crippen LogP contribution in [-0.2, 0) is 22.5 Å². The van der Waals surface area contributed by atoms with E-state index in [-0.39, 0.29) is 12.5 Å². The molecule has 1 saturated heterocycles. The van der Waals surface area contributed by atoms with E-state index in [9.17, 15) is 4.79 Å². The Kier molecular flexibility index (Phi) is 3.70. The van der Waals surface area contributed by atoms with Crippen molar-refractivity contribution in [1.29, 1.82) is 0 Å². The quantitative estimate of drug-likeness (QED) is 0.745. The summed E-state index contributed by atoms with van der Waals surface area (Å²) in [7, 11) is 2.05. The molecule has 0 bridgehead atoms. The first-order valence-electron chi connectivity index (χ1n) is 5.54. The molecule has 1 aromatic heterocycles. The Bertz CT molecular complexity index is 393. The Morgan fingerprint density at radius 2 is 2.53 bits per heavy atom. The minimum atomic E-state index is -0.898. The maximum Gasteiger partial charge on any atom is 0.309 e. The van der Waals surface area contributed by atoms with Crippen LogP contribution in [0.2, 0.25) is 0 Å². The molecule has 94 valence electrons. The van der Waals surface area contributed by atoms with Gasteiger partial charge in [0, 0.05) is 19.3 Å². The molecule has 1 fully saturated rings. The van der Waals surface area contributed by atoms with Crippen molar-refractivity contribution >= 4 is 5.97 Å². The van der Waals surface area contributed by atoms with Crippen molar-refractivity contribution in [2.24, 2.45) is 0 Å². The maximum absolute atomic E-state index is 10.5. The first-order chi connectivity index (χ1) is 8.13. The molecule has 1 aliphatic heterocycles. The molecule has 1 aromatic rings. The van der Waals surface area contributed by atoms with Crippen molar-refractivity contribution < 1.29 is 14.6 Å². The molecule has 2 rings (SSSR count). The van der Waals surface area contributed by atoms with Crippen LogP contribution in [0.3, 0.4) is 0 Å². The summed E-state index contributed by atoms with van der Waals surface area (Å²) in [6.07, 6.45) is 1.66. The van der Waals surface area contributed by atoms with Crippen LogP contribution in [-0.4, -0.2) is 63.8 Å². The molecular weight excluding hydrogens is 224 g/mol. The van der Waals surface area contributed by atoms with Crippen LogP contribution >= 0.6 is 0 Å². The highest BCUT2D eigenvalue weighted by molar-refractivity contribution is 5.69. The van der Waals surface area contributed by atoms with Crippen molar-refractivity contribution in [3.63, 3.8) is 0 Å². The van der Waals surface area contributed by atoms with E-state index >= 15 is 0 Å². The molecule has 7 heteroatoms. The standard InChI is InChI=1S/C10H16N4O3/c1-13-2-3-17-9(6-13)7-14-5-8(11-12-14)4-10(15)16/h5,9H,2-4,6-7H2,1H3,(H,15,16). The molecule has 0 saturated carbocycles. The highest BCUT2D eigenvalue weighted by Gasteiger charge is 2.18. The largest absolute Gasteiger partial charge is 0.481 e. The average Bonchev–Trinajstić information content (AvgIpc) is 2.64. The minimum absolute atomic E-state index is 0.0909. The highest BCUT2D eigenvalue weighted by Crippen LogP contribution is 2.05. The Hall–Kier alpha value is -1.47. The number of carboxylic acids is 1. The van der Waals surface area contributed by atoms with E-state index < -0.39 is 5.97 Å². The van der Waals surface area contributed by atoms with Crippen molar-refractivity contribution in [3.8, 4) is 0 Å². The molecule has 0 spiro atoms. The van der Waals surface area contributed by atoms with Gasteiger partial charge in [-0.2, -0.15) is 0 Å². The zero-order chi connectivity index (χ0) is 12.3. The van der Waals surface area contributed by atoms with E-state index in [2.05, 4.69) is 15.2 Å². The second-order valence-electron chi connectivity index (χ2n) is 4.26. The van der Waals surface area contributed by atoms with Gasteiger partial charge in [0.05, 0.1) is 31.4 Å². The lowest BCUT2D eigenvalue weighted by Crippen LogP contribution is -2.42. The van der Waals surface area contributed by atoms with Crippen LogP contribution in [0, 0.1) is 0 Å². The van der Waals surface area contributed by atoms with Crippen LogP contribution in [0.15, 0.2) is 6.20 Å². The lowest BCUT2D eigenvalue weighted by molar-refractivity contribution is -0.136. The number of aromatic nitrogens is 3. The molecule has 1 atom stereocenters. The van der Waals surface area contributed by atoms with Gasteiger partial charge in [-0.3, -0.25) is 4.79 Å². The monoisotopic (exact) mass is 240 g/mol. The highest BCUT2D eigenvalue weighted by atomic mass is 16.5. The number of ether oxygens (including phenoxy) is 1. The topological polar surface area (TPSA) is 80.5 Å². The fraction of sp³-hybridized carbons (Fsp3) is 0.700. The van der Waals surface area contributed by atoms with Crippen molar-refractivity contribution in [3.05, 3.63) is 11.9 Å². The van der Waals surface area contributed by atoms with E-state index in [0.29, 0.717) is 12.2 Å². The SMILES string of the molecule is CN1CCOC(Cn2cc(CC(=O)O)nn2)C1. The molecular formula is C10H16N4O3. The van der Waals surface area contributed by atoms with Crippen LogP contribution in [0.25, 0.3) is 0 Å². The summed E-state index contributed by atoms with van der Waals surface area (Å²) < 4.78 is 7.24. The Morgan fingerprint density at radius 1 is 1.71 bits per heavy atom. The molecule has 7 nitrogen and oxygen atoms in total. The lowest BCUT2D eigenvalue weighted by atomic mass is 10.3. The Balaban J connectivity index is 1.89. The number of rotatable bonds is 4. The van der Waals surface area contributed by atoms with Gasteiger partial charge < -0.3 is 14.7 Å². The fourth-order valence-electron chi connectivity index (χ4n) is 1.85. The van der Waals surface area contributed by atoms with E-state index in [4.69, 9.17) is 9.84 Å². The van der Waals surface area contributed by atoms with Crippen LogP contribution in [0.5, 0.6) is 0 Å². The van der Waals surface area contributed by atoms with Gasteiger partial charge in [0.25, 0.3) is 0 Å². The van der Waals surface area contributed by atoms with Gasteiger partial charge in [-0.05, 0) is 7.05 Å². The van der Waals surface area contributed by atoms with Gasteiger partial charge in [0.15, 0.2) is 0 Å². The molecule has 0 amide bonds. The summed E-state index contributed by atoms with van der Waals surface area (Å²) in [6.45, 7) is 3.13. The number of nitrogens with zero attached hydrogens (tertiary/aromatic N) is 4. The maximum atomic E-state index is 10.5. The third-order valence-electron chi connectivity index (χ3n) is 2.65. The van der Waals surface area contributed by atoms with E-state index in [1.165, 1.54) is 0 Å².